The third kappa shape index (κ3) is 3.64. The molecule has 0 saturated heterocycles. The van der Waals surface area contributed by atoms with Crippen molar-refractivity contribution < 1.29 is 13.5 Å². The van der Waals surface area contributed by atoms with E-state index in [1.54, 1.807) is 0 Å². The molecule has 1 heterocycles. The topological polar surface area (TPSA) is 35.0 Å². The Hall–Kier alpha value is -1.27. The predicted molar refractivity (Wildman–Crippen MR) is 75.2 cm³/mol. The van der Waals surface area contributed by atoms with Gasteiger partial charge in [-0.25, -0.2) is 9.37 Å². The molecule has 2 rings (SSSR count). The zero-order valence-electron chi connectivity index (χ0n) is 10.5. The molecule has 0 unspecified atom stereocenters. The summed E-state index contributed by atoms with van der Waals surface area (Å²) in [6.07, 6.45) is 1.45. The van der Waals surface area contributed by atoms with E-state index in [1.807, 2.05) is 6.92 Å². The van der Waals surface area contributed by atoms with Crippen molar-refractivity contribution in [2.75, 3.05) is 0 Å². The maximum atomic E-state index is 13.6. The Morgan fingerprint density at radius 3 is 2.70 bits per heavy atom. The Morgan fingerprint density at radius 1 is 1.25 bits per heavy atom. The summed E-state index contributed by atoms with van der Waals surface area (Å²) in [5, 5.41) is 0.189. The van der Waals surface area contributed by atoms with Crippen LogP contribution in [0.15, 0.2) is 22.7 Å². The number of aryl methyl sites for hydroxylation is 1. The summed E-state index contributed by atoms with van der Waals surface area (Å²) in [7, 11) is 0. The number of halogens is 4. The Morgan fingerprint density at radius 2 is 2.00 bits per heavy atom. The first-order valence-corrected chi connectivity index (χ1v) is 7.02. The number of rotatable bonds is 4. The Kier molecular flexibility index (Phi) is 4.88. The summed E-state index contributed by atoms with van der Waals surface area (Å²) in [4.78, 5) is 8.12. The molecule has 0 radical (unpaired) electrons. The molecule has 0 N–H and O–H groups in total. The lowest BCUT2D eigenvalue weighted by Gasteiger charge is -2.08. The quantitative estimate of drug-likeness (QED) is 0.571. The molecular formula is C13H10BrClF2N2O. The number of hydrogen-bond donors (Lipinski definition) is 0. The molecule has 0 spiro atoms. The van der Waals surface area contributed by atoms with Crippen LogP contribution in [0.2, 0.25) is 5.15 Å². The zero-order chi connectivity index (χ0) is 14.7. The zero-order valence-corrected chi connectivity index (χ0v) is 12.8. The van der Waals surface area contributed by atoms with E-state index in [1.165, 1.54) is 12.1 Å². The van der Waals surface area contributed by atoms with Crippen LogP contribution in [-0.4, -0.2) is 9.97 Å². The van der Waals surface area contributed by atoms with Gasteiger partial charge in [0.15, 0.2) is 11.6 Å². The molecule has 0 aliphatic carbocycles. The highest BCUT2D eigenvalue weighted by molar-refractivity contribution is 9.10. The first-order chi connectivity index (χ1) is 9.49. The van der Waals surface area contributed by atoms with Gasteiger partial charge in [-0.2, -0.15) is 9.37 Å². The normalized spacial score (nSPS) is 10.7. The van der Waals surface area contributed by atoms with E-state index in [2.05, 4.69) is 25.9 Å². The molecule has 0 saturated carbocycles. The van der Waals surface area contributed by atoms with E-state index in [0.29, 0.717) is 16.7 Å². The first-order valence-electron chi connectivity index (χ1n) is 5.85. The molecule has 0 fully saturated rings. The molecule has 7 heteroatoms. The molecule has 3 nitrogen and oxygen atoms in total. The highest BCUT2D eigenvalue weighted by Gasteiger charge is 2.14. The van der Waals surface area contributed by atoms with Crippen LogP contribution in [-0.2, 0) is 6.42 Å². The maximum absolute atomic E-state index is 13.6. The van der Waals surface area contributed by atoms with Crippen molar-refractivity contribution in [3.8, 4) is 11.6 Å². The Labute approximate surface area is 128 Å². The van der Waals surface area contributed by atoms with Gasteiger partial charge in [-0.3, -0.25) is 0 Å². The van der Waals surface area contributed by atoms with E-state index < -0.39 is 11.6 Å². The molecule has 2 aromatic rings. The van der Waals surface area contributed by atoms with E-state index in [-0.39, 0.29) is 16.8 Å². The lowest BCUT2D eigenvalue weighted by Crippen LogP contribution is -1.99. The van der Waals surface area contributed by atoms with Gasteiger partial charge in [0.25, 0.3) is 0 Å². The lowest BCUT2D eigenvalue weighted by molar-refractivity contribution is 0.402. The summed E-state index contributed by atoms with van der Waals surface area (Å²) in [6.45, 7) is 1.97. The van der Waals surface area contributed by atoms with Crippen LogP contribution in [0.25, 0.3) is 0 Å². The molecule has 0 aliphatic rings. The second-order valence-electron chi connectivity index (χ2n) is 4.00. The molecule has 20 heavy (non-hydrogen) atoms. The number of benzene rings is 1. The minimum Gasteiger partial charge on any atom is -0.436 e. The van der Waals surface area contributed by atoms with Crippen molar-refractivity contribution in [1.29, 1.82) is 0 Å². The van der Waals surface area contributed by atoms with Gasteiger partial charge in [0.2, 0.25) is 11.7 Å². The second-order valence-corrected chi connectivity index (χ2v) is 5.30. The van der Waals surface area contributed by atoms with Gasteiger partial charge in [-0.1, -0.05) is 34.5 Å². The second kappa shape index (κ2) is 6.45. The first kappa shape index (κ1) is 15.1. The van der Waals surface area contributed by atoms with Crippen LogP contribution in [0.4, 0.5) is 8.78 Å². The fourth-order valence-electron chi connectivity index (χ4n) is 1.55. The SMILES string of the molecule is CCCc1nc(Cl)cc(Oc2cc(Br)cc(F)c2F)n1. The third-order valence-corrected chi connectivity index (χ3v) is 3.02. The van der Waals surface area contributed by atoms with E-state index >= 15 is 0 Å². The van der Waals surface area contributed by atoms with Gasteiger partial charge >= 0.3 is 0 Å². The van der Waals surface area contributed by atoms with Crippen molar-refractivity contribution >= 4 is 27.5 Å². The molecule has 0 bridgehead atoms. The average Bonchev–Trinajstić information content (AvgIpc) is 2.35. The van der Waals surface area contributed by atoms with Crippen LogP contribution in [0.3, 0.4) is 0 Å². The van der Waals surface area contributed by atoms with E-state index in [0.717, 1.165) is 12.5 Å². The van der Waals surface area contributed by atoms with Crippen LogP contribution >= 0.6 is 27.5 Å². The molecule has 0 atom stereocenters. The third-order valence-electron chi connectivity index (χ3n) is 2.37. The summed E-state index contributed by atoms with van der Waals surface area (Å²) in [6, 6.07) is 3.67. The van der Waals surface area contributed by atoms with E-state index in [4.69, 9.17) is 16.3 Å². The Bertz CT molecular complexity index is 640. The lowest BCUT2D eigenvalue weighted by atomic mass is 10.3. The Balaban J connectivity index is 2.34. The minimum absolute atomic E-state index is 0.0739. The molecular weight excluding hydrogens is 354 g/mol. The number of nitrogens with zero attached hydrogens (tertiary/aromatic N) is 2. The van der Waals surface area contributed by atoms with Crippen molar-refractivity contribution in [1.82, 2.24) is 9.97 Å². The van der Waals surface area contributed by atoms with Crippen LogP contribution in [0, 0.1) is 11.6 Å². The highest BCUT2D eigenvalue weighted by Crippen LogP contribution is 2.29. The van der Waals surface area contributed by atoms with Gasteiger partial charge in [0.1, 0.15) is 11.0 Å². The summed E-state index contributed by atoms with van der Waals surface area (Å²) >= 11 is 8.91. The van der Waals surface area contributed by atoms with Crippen LogP contribution < -0.4 is 4.74 Å². The molecule has 1 aromatic heterocycles. The molecule has 0 aliphatic heterocycles. The highest BCUT2D eigenvalue weighted by atomic mass is 79.9. The standard InChI is InChI=1S/C13H10BrClF2N2O/c1-2-3-11-18-10(15)6-12(19-11)20-9-5-7(14)4-8(16)13(9)17/h4-6H,2-3H2,1H3. The van der Waals surface area contributed by atoms with Crippen molar-refractivity contribution in [2.45, 2.75) is 19.8 Å². The minimum atomic E-state index is -1.08. The maximum Gasteiger partial charge on any atom is 0.224 e. The van der Waals surface area contributed by atoms with Gasteiger partial charge in [-0.05, 0) is 18.6 Å². The fraction of sp³-hybridized carbons (Fsp3) is 0.231. The monoisotopic (exact) mass is 362 g/mol. The summed E-state index contributed by atoms with van der Waals surface area (Å²) in [5.74, 6) is -1.80. The number of ether oxygens (including phenoxy) is 1. The van der Waals surface area contributed by atoms with Crippen LogP contribution in [0.5, 0.6) is 11.6 Å². The fourth-order valence-corrected chi connectivity index (χ4v) is 2.15. The van der Waals surface area contributed by atoms with Gasteiger partial charge in [0.05, 0.1) is 0 Å². The molecule has 0 amide bonds. The molecule has 106 valence electrons. The number of hydrogen-bond acceptors (Lipinski definition) is 3. The van der Waals surface area contributed by atoms with Crippen molar-refractivity contribution in [3.05, 3.63) is 45.3 Å². The van der Waals surface area contributed by atoms with Crippen molar-refractivity contribution in [3.63, 3.8) is 0 Å². The van der Waals surface area contributed by atoms with Crippen molar-refractivity contribution in [2.24, 2.45) is 0 Å². The van der Waals surface area contributed by atoms with Gasteiger partial charge in [0, 0.05) is 17.0 Å². The molecule has 1 aromatic carbocycles. The van der Waals surface area contributed by atoms with Gasteiger partial charge < -0.3 is 4.74 Å². The summed E-state index contributed by atoms with van der Waals surface area (Å²) in [5.41, 5.74) is 0. The average molecular weight is 364 g/mol. The number of aromatic nitrogens is 2. The van der Waals surface area contributed by atoms with E-state index in [9.17, 15) is 8.78 Å². The van der Waals surface area contributed by atoms with Gasteiger partial charge in [-0.15, -0.1) is 0 Å². The summed E-state index contributed by atoms with van der Waals surface area (Å²) < 4.78 is 32.5. The van der Waals surface area contributed by atoms with Crippen LogP contribution in [0.1, 0.15) is 19.2 Å². The smallest absolute Gasteiger partial charge is 0.224 e. The predicted octanol–water partition coefficient (Wildman–Crippen LogP) is 4.92. The largest absolute Gasteiger partial charge is 0.436 e.